The number of nitrogens with one attached hydrogen (secondary N) is 1. The number of nitrogens with zero attached hydrogens (tertiary/aromatic N) is 3. The van der Waals surface area contributed by atoms with Crippen molar-refractivity contribution in [3.8, 4) is 0 Å². The number of hydrogen-bond donors (Lipinski definition) is 1. The molecule has 1 aromatic rings. The van der Waals surface area contributed by atoms with Gasteiger partial charge in [0.2, 0.25) is 0 Å². The lowest BCUT2D eigenvalue weighted by Gasteiger charge is -2.40. The topological polar surface area (TPSA) is 52.0 Å². The van der Waals surface area contributed by atoms with Gasteiger partial charge in [-0.1, -0.05) is 5.21 Å². The average molecular weight is 210 g/mol. The number of hydrogen-bond acceptors (Lipinski definition) is 4. The molecule has 0 aromatic carbocycles. The Bertz CT molecular complexity index is 313. The van der Waals surface area contributed by atoms with Crippen molar-refractivity contribution in [1.29, 1.82) is 0 Å². The predicted molar refractivity (Wildman–Crippen MR) is 56.3 cm³/mol. The van der Waals surface area contributed by atoms with Gasteiger partial charge in [-0.25, -0.2) is 0 Å². The van der Waals surface area contributed by atoms with Crippen molar-refractivity contribution in [2.24, 2.45) is 7.05 Å². The first-order valence-electron chi connectivity index (χ1n) is 5.35. The number of aryl methyl sites for hydroxylation is 1. The predicted octanol–water partition coefficient (Wildman–Crippen LogP) is 0.474. The van der Waals surface area contributed by atoms with Crippen LogP contribution in [0.5, 0.6) is 0 Å². The van der Waals surface area contributed by atoms with Crippen molar-refractivity contribution in [2.75, 3.05) is 13.7 Å². The third kappa shape index (κ3) is 2.18. The van der Waals surface area contributed by atoms with Crippen molar-refractivity contribution in [2.45, 2.75) is 31.4 Å². The summed E-state index contributed by atoms with van der Waals surface area (Å²) in [7, 11) is 3.70. The highest BCUT2D eigenvalue weighted by Crippen LogP contribution is 2.34. The second kappa shape index (κ2) is 4.28. The molecular weight excluding hydrogens is 192 g/mol. The van der Waals surface area contributed by atoms with Crippen molar-refractivity contribution in [3.63, 3.8) is 0 Å². The second-order valence-electron chi connectivity index (χ2n) is 4.19. The molecule has 1 N–H and O–H groups in total. The smallest absolute Gasteiger partial charge is 0.0802 e. The van der Waals surface area contributed by atoms with Gasteiger partial charge in [-0.15, -0.1) is 5.10 Å². The summed E-state index contributed by atoms with van der Waals surface area (Å²) in [4.78, 5) is 0. The van der Waals surface area contributed by atoms with E-state index < -0.39 is 0 Å². The molecule has 0 bridgehead atoms. The van der Waals surface area contributed by atoms with Crippen LogP contribution in [0.15, 0.2) is 6.20 Å². The molecule has 15 heavy (non-hydrogen) atoms. The third-order valence-electron chi connectivity index (χ3n) is 3.26. The molecule has 0 spiro atoms. The van der Waals surface area contributed by atoms with Crippen LogP contribution < -0.4 is 5.32 Å². The maximum atomic E-state index is 5.52. The van der Waals surface area contributed by atoms with E-state index in [1.165, 1.54) is 19.3 Å². The fourth-order valence-corrected chi connectivity index (χ4v) is 1.91. The van der Waals surface area contributed by atoms with Crippen molar-refractivity contribution < 1.29 is 4.74 Å². The van der Waals surface area contributed by atoms with E-state index >= 15 is 0 Å². The Kier molecular flexibility index (Phi) is 3.02. The lowest BCUT2D eigenvalue weighted by Crippen LogP contribution is -2.47. The molecule has 5 heteroatoms. The van der Waals surface area contributed by atoms with Gasteiger partial charge < -0.3 is 10.1 Å². The average Bonchev–Trinajstić information content (AvgIpc) is 2.57. The highest BCUT2D eigenvalue weighted by Gasteiger charge is 2.36. The minimum atomic E-state index is 0.0893. The Morgan fingerprint density at radius 1 is 1.60 bits per heavy atom. The first-order chi connectivity index (χ1) is 7.26. The van der Waals surface area contributed by atoms with Gasteiger partial charge in [-0.3, -0.25) is 4.68 Å². The molecule has 0 radical (unpaired) electrons. The van der Waals surface area contributed by atoms with Crippen molar-refractivity contribution in [1.82, 2.24) is 20.3 Å². The summed E-state index contributed by atoms with van der Waals surface area (Å²) in [6, 6.07) is 0. The monoisotopic (exact) mass is 210 g/mol. The summed E-state index contributed by atoms with van der Waals surface area (Å²) < 4.78 is 7.31. The molecule has 0 atom stereocenters. The highest BCUT2D eigenvalue weighted by atomic mass is 16.5. The van der Waals surface area contributed by atoms with E-state index in [9.17, 15) is 0 Å². The molecule has 1 aliphatic carbocycles. The Morgan fingerprint density at radius 3 is 2.87 bits per heavy atom. The summed E-state index contributed by atoms with van der Waals surface area (Å²) in [5.41, 5.74) is 1.19. The summed E-state index contributed by atoms with van der Waals surface area (Å²) >= 11 is 0. The molecule has 1 saturated carbocycles. The van der Waals surface area contributed by atoms with Crippen molar-refractivity contribution >= 4 is 0 Å². The van der Waals surface area contributed by atoms with Gasteiger partial charge >= 0.3 is 0 Å². The van der Waals surface area contributed by atoms with Crippen LogP contribution >= 0.6 is 0 Å². The van der Waals surface area contributed by atoms with Crippen molar-refractivity contribution in [3.05, 3.63) is 11.9 Å². The van der Waals surface area contributed by atoms with Crippen LogP contribution in [-0.4, -0.2) is 34.2 Å². The summed E-state index contributed by atoms with van der Waals surface area (Å²) in [6.45, 7) is 1.71. The zero-order chi connectivity index (χ0) is 10.7. The Balaban J connectivity index is 1.77. The lowest BCUT2D eigenvalue weighted by atomic mass is 9.80. The van der Waals surface area contributed by atoms with Crippen LogP contribution in [-0.2, 0) is 18.3 Å². The molecular formula is C10H18N4O. The Hall–Kier alpha value is -0.940. The molecule has 1 aromatic heterocycles. The molecule has 1 heterocycles. The molecule has 5 nitrogen and oxygen atoms in total. The number of aromatic nitrogens is 3. The van der Waals surface area contributed by atoms with Gasteiger partial charge in [-0.05, 0) is 19.3 Å². The highest BCUT2D eigenvalue weighted by molar-refractivity contribution is 4.95. The van der Waals surface area contributed by atoms with Gasteiger partial charge in [0.1, 0.15) is 0 Å². The molecule has 0 amide bonds. The quantitative estimate of drug-likeness (QED) is 0.767. The van der Waals surface area contributed by atoms with E-state index in [0.717, 1.165) is 18.8 Å². The molecule has 1 aliphatic rings. The van der Waals surface area contributed by atoms with Gasteiger partial charge in [0.05, 0.1) is 17.5 Å². The van der Waals surface area contributed by atoms with Gasteiger partial charge in [0.25, 0.3) is 0 Å². The Labute approximate surface area is 89.8 Å². The standard InChI is InChI=1S/C10H18N4O/c1-14-9(7-12-13-14)6-11-8-10(15-2)4-3-5-10/h7,11H,3-6,8H2,1-2H3. The van der Waals surface area contributed by atoms with Crippen LogP contribution in [0, 0.1) is 0 Å². The maximum absolute atomic E-state index is 5.52. The molecule has 0 unspecified atom stereocenters. The third-order valence-corrected chi connectivity index (χ3v) is 3.26. The van der Waals surface area contributed by atoms with Gasteiger partial charge in [-0.2, -0.15) is 0 Å². The number of rotatable bonds is 5. The van der Waals surface area contributed by atoms with Crippen LogP contribution in [0.1, 0.15) is 25.0 Å². The van der Waals surface area contributed by atoms with E-state index in [1.807, 2.05) is 7.05 Å². The van der Waals surface area contributed by atoms with Gasteiger partial charge in [0.15, 0.2) is 0 Å². The number of methoxy groups -OCH3 is 1. The molecule has 0 saturated heterocycles. The first kappa shape index (κ1) is 10.6. The lowest BCUT2D eigenvalue weighted by molar-refractivity contribution is -0.0696. The van der Waals surface area contributed by atoms with E-state index in [2.05, 4.69) is 15.6 Å². The summed E-state index contributed by atoms with van der Waals surface area (Å²) in [6.07, 6.45) is 5.40. The van der Waals surface area contributed by atoms with Crippen LogP contribution in [0.25, 0.3) is 0 Å². The fraction of sp³-hybridized carbons (Fsp3) is 0.800. The molecule has 1 fully saturated rings. The minimum absolute atomic E-state index is 0.0893. The summed E-state index contributed by atoms with van der Waals surface area (Å²) in [5.74, 6) is 0. The van der Waals surface area contributed by atoms with Crippen LogP contribution in [0.3, 0.4) is 0 Å². The maximum Gasteiger partial charge on any atom is 0.0802 e. The molecule has 0 aliphatic heterocycles. The zero-order valence-electron chi connectivity index (χ0n) is 9.36. The van der Waals surface area contributed by atoms with E-state index in [0.29, 0.717) is 0 Å². The SMILES string of the molecule is COC1(CNCc2cnnn2C)CCC1. The normalized spacial score (nSPS) is 18.8. The van der Waals surface area contributed by atoms with E-state index in [4.69, 9.17) is 4.74 Å². The first-order valence-corrected chi connectivity index (χ1v) is 5.35. The van der Waals surface area contributed by atoms with Crippen LogP contribution in [0.4, 0.5) is 0 Å². The largest absolute Gasteiger partial charge is 0.377 e. The fourth-order valence-electron chi connectivity index (χ4n) is 1.91. The zero-order valence-corrected chi connectivity index (χ0v) is 9.36. The molecule has 2 rings (SSSR count). The Morgan fingerprint density at radius 2 is 2.40 bits per heavy atom. The van der Waals surface area contributed by atoms with Gasteiger partial charge in [0, 0.05) is 27.2 Å². The van der Waals surface area contributed by atoms with E-state index in [-0.39, 0.29) is 5.60 Å². The molecule has 84 valence electrons. The minimum Gasteiger partial charge on any atom is -0.377 e. The number of ether oxygens (including phenoxy) is 1. The van der Waals surface area contributed by atoms with Crippen LogP contribution in [0.2, 0.25) is 0 Å². The second-order valence-corrected chi connectivity index (χ2v) is 4.19. The van der Waals surface area contributed by atoms with E-state index in [1.54, 1.807) is 18.0 Å². The summed E-state index contributed by atoms with van der Waals surface area (Å²) in [5, 5.41) is 11.1.